The van der Waals surface area contributed by atoms with Crippen LogP contribution < -0.4 is 5.32 Å². The number of likely N-dealkylation sites (tertiary alicyclic amines) is 1. The number of nitrogens with zero attached hydrogens (tertiary/aromatic N) is 1. The van der Waals surface area contributed by atoms with E-state index in [0.29, 0.717) is 0 Å². The largest absolute Gasteiger partial charge is 0.481 e. The number of carbonyl (C=O) groups is 1. The van der Waals surface area contributed by atoms with Crippen molar-refractivity contribution in [2.75, 3.05) is 26.7 Å². The van der Waals surface area contributed by atoms with E-state index in [1.807, 2.05) is 14.0 Å². The Morgan fingerprint density at radius 1 is 1.53 bits per heavy atom. The maximum Gasteiger partial charge on any atom is 0.304 e. The molecule has 0 spiro atoms. The maximum atomic E-state index is 10.6. The molecule has 1 unspecified atom stereocenters. The molecule has 0 aliphatic carbocycles. The Kier molecular flexibility index (Phi) is 5.05. The summed E-state index contributed by atoms with van der Waals surface area (Å²) in [6, 6.07) is 0.179. The molecule has 1 atom stereocenters. The van der Waals surface area contributed by atoms with E-state index in [4.69, 9.17) is 5.11 Å². The summed E-state index contributed by atoms with van der Waals surface area (Å²) in [7, 11) is 1.99. The Bertz CT molecular complexity index is 201. The first-order chi connectivity index (χ1) is 7.13. The van der Waals surface area contributed by atoms with Gasteiger partial charge in [-0.2, -0.15) is 0 Å². The number of piperidine rings is 1. The number of carboxylic acid groups (broad SMARTS) is 1. The fourth-order valence-corrected chi connectivity index (χ4v) is 2.27. The molecule has 0 aromatic heterocycles. The highest BCUT2D eigenvalue weighted by Crippen LogP contribution is 2.19. The molecule has 0 amide bonds. The van der Waals surface area contributed by atoms with E-state index >= 15 is 0 Å². The van der Waals surface area contributed by atoms with Gasteiger partial charge < -0.3 is 15.3 Å². The van der Waals surface area contributed by atoms with Gasteiger partial charge in [0.05, 0.1) is 6.42 Å². The SMILES string of the molecule is CNCC1CCN(C(C)CC(=O)O)CC1. The maximum absolute atomic E-state index is 10.6. The standard InChI is InChI=1S/C11H22N2O2/c1-9(7-11(14)15)13-5-3-10(4-6-13)8-12-2/h9-10,12H,3-8H2,1-2H3,(H,14,15). The molecule has 1 aliphatic rings. The lowest BCUT2D eigenvalue weighted by Gasteiger charge is -2.35. The fourth-order valence-electron chi connectivity index (χ4n) is 2.27. The van der Waals surface area contributed by atoms with Crippen molar-refractivity contribution < 1.29 is 9.90 Å². The minimum absolute atomic E-state index is 0.179. The average Bonchev–Trinajstić information content (AvgIpc) is 2.18. The van der Waals surface area contributed by atoms with E-state index in [2.05, 4.69) is 10.2 Å². The molecule has 15 heavy (non-hydrogen) atoms. The molecule has 0 saturated carbocycles. The van der Waals surface area contributed by atoms with Crippen LogP contribution >= 0.6 is 0 Å². The monoisotopic (exact) mass is 214 g/mol. The predicted octanol–water partition coefficient (Wildman–Crippen LogP) is 0.781. The van der Waals surface area contributed by atoms with Crippen LogP contribution in [0.2, 0.25) is 0 Å². The van der Waals surface area contributed by atoms with Crippen LogP contribution in [0.3, 0.4) is 0 Å². The highest BCUT2D eigenvalue weighted by Gasteiger charge is 2.23. The molecule has 1 fully saturated rings. The van der Waals surface area contributed by atoms with Crippen molar-refractivity contribution in [1.29, 1.82) is 0 Å². The number of aliphatic carboxylic acids is 1. The van der Waals surface area contributed by atoms with Gasteiger partial charge in [-0.3, -0.25) is 4.79 Å². The molecule has 0 aromatic carbocycles. The van der Waals surface area contributed by atoms with E-state index in [-0.39, 0.29) is 12.5 Å². The summed E-state index contributed by atoms with van der Waals surface area (Å²) in [5.41, 5.74) is 0. The molecule has 0 bridgehead atoms. The summed E-state index contributed by atoms with van der Waals surface area (Å²) < 4.78 is 0. The summed E-state index contributed by atoms with van der Waals surface area (Å²) >= 11 is 0. The Balaban J connectivity index is 2.27. The minimum Gasteiger partial charge on any atom is -0.481 e. The number of carboxylic acids is 1. The van der Waals surface area contributed by atoms with E-state index in [1.165, 1.54) is 12.8 Å². The Hall–Kier alpha value is -0.610. The Labute approximate surface area is 91.6 Å². The lowest BCUT2D eigenvalue weighted by molar-refractivity contribution is -0.138. The van der Waals surface area contributed by atoms with Crippen molar-refractivity contribution in [2.24, 2.45) is 5.92 Å². The van der Waals surface area contributed by atoms with Crippen LogP contribution in [0.5, 0.6) is 0 Å². The van der Waals surface area contributed by atoms with Gasteiger partial charge in [0, 0.05) is 6.04 Å². The van der Waals surface area contributed by atoms with Crippen molar-refractivity contribution >= 4 is 5.97 Å². The topological polar surface area (TPSA) is 52.6 Å². The zero-order valence-corrected chi connectivity index (χ0v) is 9.70. The van der Waals surface area contributed by atoms with Crippen molar-refractivity contribution in [2.45, 2.75) is 32.2 Å². The third-order valence-electron chi connectivity index (χ3n) is 3.24. The third-order valence-corrected chi connectivity index (χ3v) is 3.24. The molecular formula is C11H22N2O2. The highest BCUT2D eigenvalue weighted by atomic mass is 16.4. The molecule has 1 heterocycles. The van der Waals surface area contributed by atoms with Gasteiger partial charge in [0.1, 0.15) is 0 Å². The van der Waals surface area contributed by atoms with Gasteiger partial charge in [0.25, 0.3) is 0 Å². The molecular weight excluding hydrogens is 192 g/mol. The molecule has 1 aliphatic heterocycles. The number of rotatable bonds is 5. The van der Waals surface area contributed by atoms with Crippen molar-refractivity contribution in [3.05, 3.63) is 0 Å². The van der Waals surface area contributed by atoms with Crippen LogP contribution in [0.4, 0.5) is 0 Å². The van der Waals surface area contributed by atoms with E-state index in [1.54, 1.807) is 0 Å². The zero-order chi connectivity index (χ0) is 11.3. The van der Waals surface area contributed by atoms with Gasteiger partial charge in [-0.15, -0.1) is 0 Å². The number of hydrogen-bond acceptors (Lipinski definition) is 3. The lowest BCUT2D eigenvalue weighted by atomic mass is 9.95. The van der Waals surface area contributed by atoms with Crippen molar-refractivity contribution in [1.82, 2.24) is 10.2 Å². The van der Waals surface area contributed by atoms with Gasteiger partial charge in [0.2, 0.25) is 0 Å². The zero-order valence-electron chi connectivity index (χ0n) is 9.70. The summed E-state index contributed by atoms with van der Waals surface area (Å²) in [6.45, 7) is 5.18. The highest BCUT2D eigenvalue weighted by molar-refractivity contribution is 5.67. The first kappa shape index (κ1) is 12.5. The molecule has 88 valence electrons. The summed E-state index contributed by atoms with van der Waals surface area (Å²) in [6.07, 6.45) is 2.63. The molecule has 2 N–H and O–H groups in total. The summed E-state index contributed by atoms with van der Waals surface area (Å²) in [4.78, 5) is 12.9. The van der Waals surface area contributed by atoms with Gasteiger partial charge in [-0.1, -0.05) is 0 Å². The van der Waals surface area contributed by atoms with Crippen LogP contribution in [0.25, 0.3) is 0 Å². The molecule has 0 aromatic rings. The second-order valence-corrected chi connectivity index (χ2v) is 4.48. The van der Waals surface area contributed by atoms with E-state index < -0.39 is 5.97 Å². The smallest absolute Gasteiger partial charge is 0.304 e. The molecule has 0 radical (unpaired) electrons. The van der Waals surface area contributed by atoms with Crippen molar-refractivity contribution in [3.8, 4) is 0 Å². The lowest BCUT2D eigenvalue weighted by Crippen LogP contribution is -2.42. The van der Waals surface area contributed by atoms with Gasteiger partial charge in [-0.05, 0) is 52.4 Å². The Morgan fingerprint density at radius 3 is 2.60 bits per heavy atom. The summed E-state index contributed by atoms with van der Waals surface area (Å²) in [5, 5.41) is 11.9. The second kappa shape index (κ2) is 6.08. The fraction of sp³-hybridized carbons (Fsp3) is 0.909. The second-order valence-electron chi connectivity index (χ2n) is 4.48. The third kappa shape index (κ3) is 4.18. The average molecular weight is 214 g/mol. The summed E-state index contributed by atoms with van der Waals surface area (Å²) in [5.74, 6) is 0.0723. The van der Waals surface area contributed by atoms with Gasteiger partial charge >= 0.3 is 5.97 Å². The van der Waals surface area contributed by atoms with Crippen LogP contribution in [0.15, 0.2) is 0 Å². The quantitative estimate of drug-likeness (QED) is 0.710. The Morgan fingerprint density at radius 2 is 2.13 bits per heavy atom. The molecule has 4 nitrogen and oxygen atoms in total. The minimum atomic E-state index is -0.695. The first-order valence-corrected chi connectivity index (χ1v) is 5.74. The molecule has 1 rings (SSSR count). The van der Waals surface area contributed by atoms with Crippen molar-refractivity contribution in [3.63, 3.8) is 0 Å². The van der Waals surface area contributed by atoms with Crippen LogP contribution in [-0.2, 0) is 4.79 Å². The molecule has 4 heteroatoms. The molecule has 1 saturated heterocycles. The normalized spacial score (nSPS) is 21.5. The van der Waals surface area contributed by atoms with Crippen LogP contribution in [-0.4, -0.2) is 48.7 Å². The van der Waals surface area contributed by atoms with Gasteiger partial charge in [0.15, 0.2) is 0 Å². The number of hydrogen-bond donors (Lipinski definition) is 2. The van der Waals surface area contributed by atoms with E-state index in [0.717, 1.165) is 25.6 Å². The first-order valence-electron chi connectivity index (χ1n) is 5.74. The van der Waals surface area contributed by atoms with Crippen LogP contribution in [0, 0.1) is 5.92 Å². The van der Waals surface area contributed by atoms with Crippen LogP contribution in [0.1, 0.15) is 26.2 Å². The predicted molar refractivity (Wildman–Crippen MR) is 59.9 cm³/mol. The van der Waals surface area contributed by atoms with E-state index in [9.17, 15) is 4.79 Å². The number of nitrogens with one attached hydrogen (secondary N) is 1. The van der Waals surface area contributed by atoms with Gasteiger partial charge in [-0.25, -0.2) is 0 Å².